The van der Waals surface area contributed by atoms with Gasteiger partial charge in [0.2, 0.25) is 0 Å². The Morgan fingerprint density at radius 2 is 2.16 bits per heavy atom. The number of halogens is 1. The highest BCUT2D eigenvalue weighted by molar-refractivity contribution is 5.43. The van der Waals surface area contributed by atoms with Gasteiger partial charge < -0.3 is 14.9 Å². The molecule has 5 heteroatoms. The molecule has 96 valence electrons. The Morgan fingerprint density at radius 3 is 2.95 bits per heavy atom. The minimum absolute atomic E-state index is 0.172. The maximum Gasteiger partial charge on any atom is 0.167 e. The Bertz CT molecular complexity index is 691. The standard InChI is InChI=1S/C14H12FN3O/c15-12-7-10(16)4-5-13(12)19-9-11-8-18-6-2-1-3-14(18)17-11/h1-8H,9,16H2. The highest BCUT2D eigenvalue weighted by Gasteiger charge is 2.06. The third-order valence-electron chi connectivity index (χ3n) is 2.75. The maximum atomic E-state index is 13.5. The zero-order chi connectivity index (χ0) is 13.2. The third-order valence-corrected chi connectivity index (χ3v) is 2.75. The molecule has 4 nitrogen and oxygen atoms in total. The van der Waals surface area contributed by atoms with Crippen LogP contribution in [0.25, 0.3) is 5.65 Å². The number of ether oxygens (including phenoxy) is 1. The van der Waals surface area contributed by atoms with Crippen molar-refractivity contribution < 1.29 is 9.13 Å². The molecule has 0 aliphatic rings. The van der Waals surface area contributed by atoms with Gasteiger partial charge in [-0.15, -0.1) is 0 Å². The number of nitrogens with two attached hydrogens (primary N) is 1. The first-order valence-corrected chi connectivity index (χ1v) is 5.83. The Labute approximate surface area is 109 Å². The van der Waals surface area contributed by atoms with Crippen molar-refractivity contribution in [2.45, 2.75) is 6.61 Å². The van der Waals surface area contributed by atoms with E-state index in [1.165, 1.54) is 12.1 Å². The first-order valence-electron chi connectivity index (χ1n) is 5.83. The number of hydrogen-bond donors (Lipinski definition) is 1. The van der Waals surface area contributed by atoms with Gasteiger partial charge in [-0.3, -0.25) is 0 Å². The van der Waals surface area contributed by atoms with Crippen LogP contribution < -0.4 is 10.5 Å². The van der Waals surface area contributed by atoms with Crippen molar-refractivity contribution >= 4 is 11.3 Å². The summed E-state index contributed by atoms with van der Waals surface area (Å²) in [6.07, 6.45) is 3.75. The van der Waals surface area contributed by atoms with Crippen LogP contribution in [0, 0.1) is 5.82 Å². The van der Waals surface area contributed by atoms with Crippen molar-refractivity contribution in [3.05, 3.63) is 60.3 Å². The summed E-state index contributed by atoms with van der Waals surface area (Å²) in [6.45, 7) is 0.211. The number of fused-ring (bicyclic) bond motifs is 1. The first kappa shape index (κ1) is 11.5. The molecule has 0 bridgehead atoms. The van der Waals surface area contributed by atoms with E-state index in [0.29, 0.717) is 5.69 Å². The fourth-order valence-corrected chi connectivity index (χ4v) is 1.84. The van der Waals surface area contributed by atoms with Crippen molar-refractivity contribution in [1.82, 2.24) is 9.38 Å². The number of anilines is 1. The molecule has 0 aliphatic heterocycles. The normalized spacial score (nSPS) is 10.8. The van der Waals surface area contributed by atoms with E-state index < -0.39 is 5.82 Å². The van der Waals surface area contributed by atoms with Crippen molar-refractivity contribution in [3.8, 4) is 5.75 Å². The van der Waals surface area contributed by atoms with E-state index >= 15 is 0 Å². The van der Waals surface area contributed by atoms with Gasteiger partial charge in [0.1, 0.15) is 12.3 Å². The van der Waals surface area contributed by atoms with E-state index in [2.05, 4.69) is 4.98 Å². The van der Waals surface area contributed by atoms with E-state index in [1.807, 2.05) is 35.0 Å². The summed E-state index contributed by atoms with van der Waals surface area (Å²) in [4.78, 5) is 4.37. The van der Waals surface area contributed by atoms with Crippen LogP contribution in [0.15, 0.2) is 48.8 Å². The van der Waals surface area contributed by atoms with Gasteiger partial charge in [0.25, 0.3) is 0 Å². The Morgan fingerprint density at radius 1 is 1.26 bits per heavy atom. The largest absolute Gasteiger partial charge is 0.484 e. The van der Waals surface area contributed by atoms with E-state index in [9.17, 15) is 4.39 Å². The van der Waals surface area contributed by atoms with Crippen LogP contribution in [0.1, 0.15) is 5.69 Å². The molecular weight excluding hydrogens is 245 g/mol. The number of aromatic nitrogens is 2. The molecular formula is C14H12FN3O. The molecule has 19 heavy (non-hydrogen) atoms. The summed E-state index contributed by atoms with van der Waals surface area (Å²) in [5.74, 6) is -0.296. The molecule has 0 saturated heterocycles. The lowest BCUT2D eigenvalue weighted by molar-refractivity contribution is 0.286. The molecule has 2 aromatic heterocycles. The van der Waals surface area contributed by atoms with Crippen LogP contribution in [-0.4, -0.2) is 9.38 Å². The molecule has 0 radical (unpaired) electrons. The summed E-state index contributed by atoms with van der Waals surface area (Å²) >= 11 is 0. The fraction of sp³-hybridized carbons (Fsp3) is 0.0714. The molecule has 0 atom stereocenters. The van der Waals surface area contributed by atoms with Crippen LogP contribution in [0.3, 0.4) is 0 Å². The fourth-order valence-electron chi connectivity index (χ4n) is 1.84. The van der Waals surface area contributed by atoms with E-state index in [4.69, 9.17) is 10.5 Å². The zero-order valence-corrected chi connectivity index (χ0v) is 10.1. The number of imidazole rings is 1. The topological polar surface area (TPSA) is 52.5 Å². The molecule has 0 saturated carbocycles. The maximum absolute atomic E-state index is 13.5. The van der Waals surface area contributed by atoms with Crippen molar-refractivity contribution in [2.24, 2.45) is 0 Å². The monoisotopic (exact) mass is 257 g/mol. The van der Waals surface area contributed by atoms with Gasteiger partial charge in [0, 0.05) is 24.1 Å². The quantitative estimate of drug-likeness (QED) is 0.734. The number of rotatable bonds is 3. The highest BCUT2D eigenvalue weighted by atomic mass is 19.1. The summed E-state index contributed by atoms with van der Waals surface area (Å²) < 4.78 is 20.8. The second-order valence-electron chi connectivity index (χ2n) is 4.18. The molecule has 3 rings (SSSR count). The predicted octanol–water partition coefficient (Wildman–Crippen LogP) is 2.63. The molecule has 0 unspecified atom stereocenters. The molecule has 1 aromatic carbocycles. The number of pyridine rings is 1. The molecule has 2 N–H and O–H groups in total. The summed E-state index contributed by atoms with van der Waals surface area (Å²) in [5.41, 5.74) is 7.42. The Hall–Kier alpha value is -2.56. The second kappa shape index (κ2) is 4.61. The molecule has 0 fully saturated rings. The summed E-state index contributed by atoms with van der Waals surface area (Å²) in [5, 5.41) is 0. The van der Waals surface area contributed by atoms with E-state index in [-0.39, 0.29) is 12.4 Å². The molecule has 3 aromatic rings. The predicted molar refractivity (Wildman–Crippen MR) is 70.3 cm³/mol. The van der Waals surface area contributed by atoms with Crippen LogP contribution >= 0.6 is 0 Å². The third kappa shape index (κ3) is 2.35. The first-order chi connectivity index (χ1) is 9.22. The molecule has 0 amide bonds. The van der Waals surface area contributed by atoms with Crippen LogP contribution in [0.4, 0.5) is 10.1 Å². The van der Waals surface area contributed by atoms with Gasteiger partial charge in [-0.05, 0) is 24.3 Å². The average molecular weight is 257 g/mol. The lowest BCUT2D eigenvalue weighted by Gasteiger charge is -2.05. The van der Waals surface area contributed by atoms with Crippen molar-refractivity contribution in [1.29, 1.82) is 0 Å². The van der Waals surface area contributed by atoms with Gasteiger partial charge in [-0.25, -0.2) is 9.37 Å². The summed E-state index contributed by atoms with van der Waals surface area (Å²) in [6, 6.07) is 10.1. The smallest absolute Gasteiger partial charge is 0.167 e. The molecule has 2 heterocycles. The lowest BCUT2D eigenvalue weighted by Crippen LogP contribution is -1.98. The number of benzene rings is 1. The van der Waals surface area contributed by atoms with E-state index in [1.54, 1.807) is 6.07 Å². The van der Waals surface area contributed by atoms with Crippen LogP contribution in [0.5, 0.6) is 5.75 Å². The van der Waals surface area contributed by atoms with Gasteiger partial charge in [0.05, 0.1) is 5.69 Å². The highest BCUT2D eigenvalue weighted by Crippen LogP contribution is 2.20. The van der Waals surface area contributed by atoms with E-state index in [0.717, 1.165) is 11.3 Å². The summed E-state index contributed by atoms with van der Waals surface area (Å²) in [7, 11) is 0. The minimum atomic E-state index is -0.469. The second-order valence-corrected chi connectivity index (χ2v) is 4.18. The van der Waals surface area contributed by atoms with Crippen molar-refractivity contribution in [3.63, 3.8) is 0 Å². The number of nitrogens with zero attached hydrogens (tertiary/aromatic N) is 2. The van der Waals surface area contributed by atoms with Gasteiger partial charge in [-0.2, -0.15) is 0 Å². The average Bonchev–Trinajstić information content (AvgIpc) is 2.80. The SMILES string of the molecule is Nc1ccc(OCc2cn3ccccc3n2)c(F)c1. The van der Waals surface area contributed by atoms with Crippen molar-refractivity contribution in [2.75, 3.05) is 5.73 Å². The van der Waals surface area contributed by atoms with Gasteiger partial charge in [0.15, 0.2) is 11.6 Å². The van der Waals surface area contributed by atoms with Gasteiger partial charge in [-0.1, -0.05) is 6.07 Å². The Balaban J connectivity index is 1.78. The number of hydrogen-bond acceptors (Lipinski definition) is 3. The van der Waals surface area contributed by atoms with Crippen LogP contribution in [0.2, 0.25) is 0 Å². The lowest BCUT2D eigenvalue weighted by atomic mass is 10.3. The zero-order valence-electron chi connectivity index (χ0n) is 10.1. The van der Waals surface area contributed by atoms with Crippen LogP contribution in [-0.2, 0) is 6.61 Å². The minimum Gasteiger partial charge on any atom is -0.484 e. The Kier molecular flexibility index (Phi) is 2.79. The van der Waals surface area contributed by atoms with Gasteiger partial charge >= 0.3 is 0 Å². The number of nitrogen functional groups attached to an aromatic ring is 1. The molecule has 0 aliphatic carbocycles. The molecule has 0 spiro atoms.